The largest absolute Gasteiger partial charge is 0.396 e. The van der Waals surface area contributed by atoms with Gasteiger partial charge in [-0.3, -0.25) is 4.90 Å². The molecule has 0 unspecified atom stereocenters. The second kappa shape index (κ2) is 7.98. The maximum Gasteiger partial charge on any atom is 0.0777 e. The van der Waals surface area contributed by atoms with Crippen molar-refractivity contribution in [2.45, 2.75) is 70.2 Å². The molecule has 2 N–H and O–H groups in total. The minimum absolute atomic E-state index is 0.0217. The Bertz CT molecular complexity index is 803. The van der Waals surface area contributed by atoms with Crippen LogP contribution in [0.15, 0.2) is 48.5 Å². The minimum Gasteiger partial charge on any atom is -0.396 e. The Labute approximate surface area is 169 Å². The lowest BCUT2D eigenvalue weighted by Gasteiger charge is -2.48. The Morgan fingerprint density at radius 1 is 1.04 bits per heavy atom. The van der Waals surface area contributed by atoms with E-state index in [0.29, 0.717) is 17.9 Å². The Morgan fingerprint density at radius 2 is 1.79 bits per heavy atom. The lowest BCUT2D eigenvalue weighted by Crippen LogP contribution is -2.48. The zero-order valence-corrected chi connectivity index (χ0v) is 17.3. The topological polar surface area (TPSA) is 43.7 Å². The van der Waals surface area contributed by atoms with Crippen molar-refractivity contribution in [3.8, 4) is 0 Å². The first kappa shape index (κ1) is 19.6. The molecule has 1 aliphatic carbocycles. The van der Waals surface area contributed by atoms with Gasteiger partial charge in [0.15, 0.2) is 0 Å². The van der Waals surface area contributed by atoms with Crippen molar-refractivity contribution in [2.24, 2.45) is 5.92 Å². The third-order valence-electron chi connectivity index (χ3n) is 6.81. The van der Waals surface area contributed by atoms with Crippen LogP contribution in [-0.2, 0) is 6.42 Å². The molecule has 0 bridgehead atoms. The minimum atomic E-state index is -0.380. The van der Waals surface area contributed by atoms with Gasteiger partial charge in [0.05, 0.1) is 12.1 Å². The van der Waals surface area contributed by atoms with E-state index in [0.717, 1.165) is 19.3 Å². The number of benzene rings is 2. The van der Waals surface area contributed by atoms with Gasteiger partial charge in [0, 0.05) is 25.1 Å². The van der Waals surface area contributed by atoms with Crippen LogP contribution in [0, 0.1) is 5.92 Å². The van der Waals surface area contributed by atoms with Gasteiger partial charge in [0.2, 0.25) is 0 Å². The van der Waals surface area contributed by atoms with E-state index in [1.165, 1.54) is 22.3 Å². The smallest absolute Gasteiger partial charge is 0.0777 e. The summed E-state index contributed by atoms with van der Waals surface area (Å²) in [5.74, 6) is 0.748. The number of aliphatic hydroxyl groups excluding tert-OH is 2. The summed E-state index contributed by atoms with van der Waals surface area (Å²) in [6.45, 7) is 6.99. The van der Waals surface area contributed by atoms with Gasteiger partial charge < -0.3 is 10.2 Å². The highest BCUT2D eigenvalue weighted by Crippen LogP contribution is 2.49. The molecule has 150 valence electrons. The molecule has 0 amide bonds. The zero-order chi connectivity index (χ0) is 19.8. The van der Waals surface area contributed by atoms with Gasteiger partial charge in [-0.1, -0.05) is 62.4 Å². The number of fused-ring (bicyclic) bond motifs is 1. The van der Waals surface area contributed by atoms with Gasteiger partial charge in [-0.05, 0) is 53.9 Å². The van der Waals surface area contributed by atoms with E-state index >= 15 is 0 Å². The van der Waals surface area contributed by atoms with Gasteiger partial charge >= 0.3 is 0 Å². The summed E-state index contributed by atoms with van der Waals surface area (Å²) >= 11 is 0. The maximum absolute atomic E-state index is 11.2. The maximum atomic E-state index is 11.2. The monoisotopic (exact) mass is 379 g/mol. The molecule has 4 rings (SSSR count). The first-order chi connectivity index (χ1) is 13.5. The summed E-state index contributed by atoms with van der Waals surface area (Å²) < 4.78 is 0. The molecule has 2 aliphatic rings. The molecule has 2 aromatic carbocycles. The first-order valence-corrected chi connectivity index (χ1v) is 10.7. The van der Waals surface area contributed by atoms with E-state index in [9.17, 15) is 10.2 Å². The number of hydrogen-bond donors (Lipinski definition) is 2. The summed E-state index contributed by atoms with van der Waals surface area (Å²) in [5, 5.41) is 21.1. The van der Waals surface area contributed by atoms with Crippen molar-refractivity contribution in [1.29, 1.82) is 0 Å². The molecule has 28 heavy (non-hydrogen) atoms. The number of piperidine rings is 1. The van der Waals surface area contributed by atoms with Crippen molar-refractivity contribution in [3.05, 3.63) is 70.8 Å². The fraction of sp³-hybridized carbons (Fsp3) is 0.520. The van der Waals surface area contributed by atoms with Crippen molar-refractivity contribution in [3.63, 3.8) is 0 Å². The third kappa shape index (κ3) is 3.41. The average Bonchev–Trinajstić information content (AvgIpc) is 3.03. The van der Waals surface area contributed by atoms with Gasteiger partial charge in [-0.2, -0.15) is 0 Å². The second-order valence-electron chi connectivity index (χ2n) is 9.03. The molecule has 1 heterocycles. The van der Waals surface area contributed by atoms with Crippen LogP contribution in [-0.4, -0.2) is 33.9 Å². The highest BCUT2D eigenvalue weighted by Gasteiger charge is 2.45. The summed E-state index contributed by atoms with van der Waals surface area (Å²) in [6.07, 6.45) is 2.26. The molecule has 2 aromatic rings. The predicted molar refractivity (Wildman–Crippen MR) is 113 cm³/mol. The van der Waals surface area contributed by atoms with Crippen LogP contribution in [0.3, 0.4) is 0 Å². The zero-order valence-electron chi connectivity index (χ0n) is 17.3. The highest BCUT2D eigenvalue weighted by molar-refractivity contribution is 5.45. The third-order valence-corrected chi connectivity index (χ3v) is 6.81. The molecular formula is C25H33NO2. The van der Waals surface area contributed by atoms with E-state index < -0.39 is 0 Å². The summed E-state index contributed by atoms with van der Waals surface area (Å²) in [7, 11) is 0. The lowest BCUT2D eigenvalue weighted by molar-refractivity contribution is -0.0375. The number of aliphatic hydroxyl groups is 2. The molecular weight excluding hydrogens is 346 g/mol. The standard InChI is InChI=1S/C25H33NO2/c1-16(2)21-11-7-10-20-14-23(28)25(24(20)21)26-17(3)12-18(15-27)13-22(26)19-8-5-4-6-9-19/h4-11,16-18,22-23,25,27-28H,12-15H2,1-3H3/t17-,18+,22-,23+,25+/m0/s1. The quantitative estimate of drug-likeness (QED) is 0.816. The Morgan fingerprint density at radius 3 is 2.46 bits per heavy atom. The molecule has 3 nitrogen and oxygen atoms in total. The van der Waals surface area contributed by atoms with Crippen molar-refractivity contribution in [2.75, 3.05) is 6.61 Å². The van der Waals surface area contributed by atoms with Gasteiger partial charge in [-0.25, -0.2) is 0 Å². The van der Waals surface area contributed by atoms with Crippen LogP contribution in [0.25, 0.3) is 0 Å². The molecule has 5 atom stereocenters. The molecule has 0 aromatic heterocycles. The average molecular weight is 380 g/mol. The molecule has 1 saturated heterocycles. The molecule has 1 fully saturated rings. The van der Waals surface area contributed by atoms with Crippen LogP contribution >= 0.6 is 0 Å². The van der Waals surface area contributed by atoms with Crippen LogP contribution in [0.5, 0.6) is 0 Å². The van der Waals surface area contributed by atoms with E-state index in [-0.39, 0.29) is 24.8 Å². The number of nitrogens with zero attached hydrogens (tertiary/aromatic N) is 1. The molecule has 0 radical (unpaired) electrons. The molecule has 0 spiro atoms. The molecule has 3 heteroatoms. The fourth-order valence-corrected chi connectivity index (χ4v) is 5.60. The summed E-state index contributed by atoms with van der Waals surface area (Å²) in [5.41, 5.74) is 5.30. The van der Waals surface area contributed by atoms with Crippen LogP contribution in [0.1, 0.15) is 73.9 Å². The Kier molecular flexibility index (Phi) is 5.59. The van der Waals surface area contributed by atoms with Gasteiger partial charge in [0.1, 0.15) is 0 Å². The van der Waals surface area contributed by atoms with E-state index in [1.807, 2.05) is 0 Å². The van der Waals surface area contributed by atoms with Crippen LogP contribution in [0.4, 0.5) is 0 Å². The Balaban J connectivity index is 1.80. The first-order valence-electron chi connectivity index (χ1n) is 10.7. The highest BCUT2D eigenvalue weighted by atomic mass is 16.3. The van der Waals surface area contributed by atoms with Gasteiger partial charge in [0.25, 0.3) is 0 Å². The fourth-order valence-electron chi connectivity index (χ4n) is 5.60. The number of hydrogen-bond acceptors (Lipinski definition) is 3. The van der Waals surface area contributed by atoms with Crippen LogP contribution < -0.4 is 0 Å². The summed E-state index contributed by atoms with van der Waals surface area (Å²) in [4.78, 5) is 2.56. The second-order valence-corrected chi connectivity index (χ2v) is 9.03. The SMILES string of the molecule is CC(C)c1cccc2c1[C@H](N1[C@@H](C)C[C@@H](CO)C[C@H]1c1ccccc1)[C@H](O)C2. The molecule has 1 aliphatic heterocycles. The number of rotatable bonds is 4. The van der Waals surface area contributed by atoms with Gasteiger partial charge in [-0.15, -0.1) is 0 Å². The lowest BCUT2D eigenvalue weighted by atomic mass is 9.81. The Hall–Kier alpha value is -1.68. The summed E-state index contributed by atoms with van der Waals surface area (Å²) in [6, 6.07) is 17.7. The predicted octanol–water partition coefficient (Wildman–Crippen LogP) is 4.60. The van der Waals surface area contributed by atoms with E-state index in [1.54, 1.807) is 0 Å². The normalized spacial score (nSPS) is 30.6. The van der Waals surface area contributed by atoms with Crippen LogP contribution in [0.2, 0.25) is 0 Å². The van der Waals surface area contributed by atoms with E-state index in [2.05, 4.69) is 74.2 Å². The van der Waals surface area contributed by atoms with Crippen molar-refractivity contribution in [1.82, 2.24) is 4.90 Å². The van der Waals surface area contributed by atoms with E-state index in [4.69, 9.17) is 0 Å². The van der Waals surface area contributed by atoms with Crippen molar-refractivity contribution >= 4 is 0 Å². The molecule has 0 saturated carbocycles. The number of likely N-dealkylation sites (tertiary alicyclic amines) is 1. The van der Waals surface area contributed by atoms with Crippen molar-refractivity contribution < 1.29 is 10.2 Å².